The molecular weight excluding hydrogens is 263 g/mol. The third-order valence-corrected chi connectivity index (χ3v) is 3.04. The Hall–Kier alpha value is -0.820. The van der Waals surface area contributed by atoms with Crippen LogP contribution in [0.5, 0.6) is 0 Å². The smallest absolute Gasteiger partial charge is 0.393 e. The van der Waals surface area contributed by atoms with E-state index < -0.39 is 18.9 Å². The van der Waals surface area contributed by atoms with Gasteiger partial charge in [-0.25, -0.2) is 0 Å². The minimum absolute atomic E-state index is 0.00452. The summed E-state index contributed by atoms with van der Waals surface area (Å²) in [6, 6.07) is -0.00452. The fourth-order valence-electron chi connectivity index (χ4n) is 2.29. The standard InChI is InChI=1S/C12H20F3NO3/c1-9(17)7-10-3-2-5-16(10)11(18)4-6-19-8-12(13,14)15/h9-10,17H,2-8H2,1H3. The lowest BCUT2D eigenvalue weighted by molar-refractivity contribution is -0.175. The van der Waals surface area contributed by atoms with E-state index in [0.29, 0.717) is 13.0 Å². The van der Waals surface area contributed by atoms with Gasteiger partial charge in [0.25, 0.3) is 0 Å². The van der Waals surface area contributed by atoms with E-state index in [1.807, 2.05) is 0 Å². The highest BCUT2D eigenvalue weighted by Crippen LogP contribution is 2.22. The van der Waals surface area contributed by atoms with E-state index in [9.17, 15) is 23.1 Å². The molecule has 1 amide bonds. The van der Waals surface area contributed by atoms with E-state index in [-0.39, 0.29) is 25.0 Å². The molecular formula is C12H20F3NO3. The predicted molar refractivity (Wildman–Crippen MR) is 62.5 cm³/mol. The van der Waals surface area contributed by atoms with Crippen molar-refractivity contribution in [3.63, 3.8) is 0 Å². The summed E-state index contributed by atoms with van der Waals surface area (Å²) >= 11 is 0. The van der Waals surface area contributed by atoms with Crippen LogP contribution in [0.25, 0.3) is 0 Å². The van der Waals surface area contributed by atoms with Crippen molar-refractivity contribution in [2.24, 2.45) is 0 Å². The van der Waals surface area contributed by atoms with E-state index in [1.54, 1.807) is 11.8 Å². The zero-order valence-corrected chi connectivity index (χ0v) is 10.9. The summed E-state index contributed by atoms with van der Waals surface area (Å²) in [5, 5.41) is 9.33. The summed E-state index contributed by atoms with van der Waals surface area (Å²) in [5.74, 6) is -0.203. The molecule has 0 aromatic rings. The average molecular weight is 283 g/mol. The van der Waals surface area contributed by atoms with Gasteiger partial charge in [-0.1, -0.05) is 0 Å². The summed E-state index contributed by atoms with van der Waals surface area (Å²) in [6.07, 6.45) is -2.68. The number of hydrogen-bond acceptors (Lipinski definition) is 3. The van der Waals surface area contributed by atoms with Crippen molar-refractivity contribution in [2.45, 2.75) is 50.9 Å². The monoisotopic (exact) mass is 283 g/mol. The molecule has 19 heavy (non-hydrogen) atoms. The lowest BCUT2D eigenvalue weighted by atomic mass is 10.1. The summed E-state index contributed by atoms with van der Waals surface area (Å²) < 4.78 is 39.9. The number of amides is 1. The van der Waals surface area contributed by atoms with Crippen molar-refractivity contribution in [1.29, 1.82) is 0 Å². The van der Waals surface area contributed by atoms with E-state index in [1.165, 1.54) is 0 Å². The first-order chi connectivity index (χ1) is 8.79. The van der Waals surface area contributed by atoms with Gasteiger partial charge in [-0.3, -0.25) is 4.79 Å². The highest BCUT2D eigenvalue weighted by atomic mass is 19.4. The molecule has 1 rings (SSSR count). The van der Waals surface area contributed by atoms with Gasteiger partial charge in [-0.15, -0.1) is 0 Å². The molecule has 1 aliphatic heterocycles. The van der Waals surface area contributed by atoms with Crippen molar-refractivity contribution in [3.05, 3.63) is 0 Å². The number of aliphatic hydroxyl groups is 1. The Kier molecular flexibility index (Phi) is 6.06. The highest BCUT2D eigenvalue weighted by Gasteiger charge is 2.30. The molecule has 112 valence electrons. The van der Waals surface area contributed by atoms with Crippen LogP contribution in [0.4, 0.5) is 13.2 Å². The van der Waals surface area contributed by atoms with Gasteiger partial charge in [0.1, 0.15) is 6.61 Å². The molecule has 1 fully saturated rings. The van der Waals surface area contributed by atoms with Crippen LogP contribution in [0.1, 0.15) is 32.6 Å². The SMILES string of the molecule is CC(O)CC1CCCN1C(=O)CCOCC(F)(F)F. The zero-order valence-electron chi connectivity index (χ0n) is 10.9. The van der Waals surface area contributed by atoms with Gasteiger partial charge in [0.15, 0.2) is 0 Å². The second-order valence-electron chi connectivity index (χ2n) is 4.89. The number of nitrogens with zero attached hydrogens (tertiary/aromatic N) is 1. The third-order valence-electron chi connectivity index (χ3n) is 3.04. The number of aliphatic hydroxyl groups excluding tert-OH is 1. The molecule has 0 bridgehead atoms. The molecule has 0 aliphatic carbocycles. The Morgan fingerprint density at radius 3 is 2.79 bits per heavy atom. The summed E-state index contributed by atoms with van der Waals surface area (Å²) in [4.78, 5) is 13.5. The van der Waals surface area contributed by atoms with E-state index >= 15 is 0 Å². The Bertz CT molecular complexity index is 294. The van der Waals surface area contributed by atoms with E-state index in [2.05, 4.69) is 4.74 Å². The lowest BCUT2D eigenvalue weighted by Crippen LogP contribution is -2.37. The maximum Gasteiger partial charge on any atom is 0.411 e. The maximum absolute atomic E-state index is 11.8. The number of hydrogen-bond donors (Lipinski definition) is 1. The Morgan fingerprint density at radius 1 is 1.53 bits per heavy atom. The lowest BCUT2D eigenvalue weighted by Gasteiger charge is -2.25. The first kappa shape index (κ1) is 16.2. The molecule has 0 spiro atoms. The molecule has 2 atom stereocenters. The Balaban J connectivity index is 2.28. The normalized spacial score (nSPS) is 21.7. The predicted octanol–water partition coefficient (Wildman–Crippen LogP) is 1.72. The average Bonchev–Trinajstić information content (AvgIpc) is 2.70. The summed E-state index contributed by atoms with van der Waals surface area (Å²) in [6.45, 7) is 0.719. The van der Waals surface area contributed by atoms with Crippen LogP contribution in [0.15, 0.2) is 0 Å². The Labute approximate surface area is 110 Å². The summed E-state index contributed by atoms with van der Waals surface area (Å²) in [5.41, 5.74) is 0. The minimum atomic E-state index is -4.36. The maximum atomic E-state index is 11.8. The minimum Gasteiger partial charge on any atom is -0.393 e. The van der Waals surface area contributed by atoms with Gasteiger partial charge < -0.3 is 14.7 Å². The van der Waals surface area contributed by atoms with E-state index in [4.69, 9.17) is 0 Å². The third kappa shape index (κ3) is 6.24. The Morgan fingerprint density at radius 2 is 2.21 bits per heavy atom. The molecule has 1 heterocycles. The van der Waals surface area contributed by atoms with Crippen molar-refractivity contribution in [3.8, 4) is 0 Å². The van der Waals surface area contributed by atoms with Gasteiger partial charge in [0, 0.05) is 12.6 Å². The topological polar surface area (TPSA) is 49.8 Å². The molecule has 4 nitrogen and oxygen atoms in total. The number of rotatable bonds is 6. The first-order valence-corrected chi connectivity index (χ1v) is 6.41. The molecule has 0 radical (unpaired) electrons. The number of halogens is 3. The zero-order chi connectivity index (χ0) is 14.5. The number of ether oxygens (including phenoxy) is 1. The van der Waals surface area contributed by atoms with Crippen molar-refractivity contribution in [2.75, 3.05) is 19.8 Å². The van der Waals surface area contributed by atoms with Gasteiger partial charge >= 0.3 is 6.18 Å². The molecule has 2 unspecified atom stereocenters. The van der Waals surface area contributed by atoms with Crippen molar-refractivity contribution >= 4 is 5.91 Å². The van der Waals surface area contributed by atoms with Crippen molar-refractivity contribution < 1.29 is 27.8 Å². The number of alkyl halides is 3. The number of likely N-dealkylation sites (tertiary alicyclic amines) is 1. The van der Waals surface area contributed by atoms with Crippen molar-refractivity contribution in [1.82, 2.24) is 4.90 Å². The van der Waals surface area contributed by atoms with Crippen LogP contribution >= 0.6 is 0 Å². The molecule has 1 aliphatic rings. The number of carbonyl (C=O) groups excluding carboxylic acids is 1. The first-order valence-electron chi connectivity index (χ1n) is 6.41. The van der Waals surface area contributed by atoms with Crippen LogP contribution in [0.2, 0.25) is 0 Å². The number of carbonyl (C=O) groups is 1. The molecule has 0 saturated carbocycles. The quantitative estimate of drug-likeness (QED) is 0.755. The fourth-order valence-corrected chi connectivity index (χ4v) is 2.29. The van der Waals surface area contributed by atoms with Crippen LogP contribution in [-0.2, 0) is 9.53 Å². The van der Waals surface area contributed by atoms with Gasteiger partial charge in [-0.05, 0) is 26.2 Å². The van der Waals surface area contributed by atoms with Crippen LogP contribution in [-0.4, -0.2) is 54.0 Å². The molecule has 1 saturated heterocycles. The van der Waals surface area contributed by atoms with E-state index in [0.717, 1.165) is 12.8 Å². The second kappa shape index (κ2) is 7.09. The second-order valence-corrected chi connectivity index (χ2v) is 4.89. The van der Waals surface area contributed by atoms with Gasteiger partial charge in [0.2, 0.25) is 5.91 Å². The summed E-state index contributed by atoms with van der Waals surface area (Å²) in [7, 11) is 0. The van der Waals surface area contributed by atoms with Gasteiger partial charge in [0.05, 0.1) is 19.1 Å². The molecule has 0 aromatic carbocycles. The van der Waals surface area contributed by atoms with Crippen LogP contribution in [0.3, 0.4) is 0 Å². The fraction of sp³-hybridized carbons (Fsp3) is 0.917. The highest BCUT2D eigenvalue weighted by molar-refractivity contribution is 5.76. The molecule has 7 heteroatoms. The molecule has 0 aromatic heterocycles. The van der Waals surface area contributed by atoms with Gasteiger partial charge in [-0.2, -0.15) is 13.2 Å². The van der Waals surface area contributed by atoms with Crippen LogP contribution < -0.4 is 0 Å². The van der Waals surface area contributed by atoms with Crippen LogP contribution in [0, 0.1) is 0 Å². The molecule has 1 N–H and O–H groups in total. The largest absolute Gasteiger partial charge is 0.411 e.